The monoisotopic (exact) mass is 337 g/mol. The van der Waals surface area contributed by atoms with E-state index in [9.17, 15) is 14.4 Å². The third-order valence-electron chi connectivity index (χ3n) is 3.63. The second kappa shape index (κ2) is 6.45. The summed E-state index contributed by atoms with van der Waals surface area (Å²) in [4.78, 5) is 40.9. The first-order chi connectivity index (χ1) is 10.8. The number of carbonyl (C=O) groups is 1. The van der Waals surface area contributed by atoms with Gasteiger partial charge in [-0.15, -0.1) is 0 Å². The lowest BCUT2D eigenvalue weighted by molar-refractivity contribution is 0.0992. The summed E-state index contributed by atoms with van der Waals surface area (Å²) < 4.78 is 3.88. The third-order valence-corrected chi connectivity index (χ3v) is 4.74. The SMILES string of the molecule is CCn1ccnc1SC(C)C(=O)c1c(N)n(C)c(=O)n(C)c1=O. The van der Waals surface area contributed by atoms with Crippen molar-refractivity contribution in [2.24, 2.45) is 14.1 Å². The average Bonchev–Trinajstić information content (AvgIpc) is 2.98. The van der Waals surface area contributed by atoms with Gasteiger partial charge in [0.15, 0.2) is 10.9 Å². The minimum Gasteiger partial charge on any atom is -0.384 e. The van der Waals surface area contributed by atoms with Gasteiger partial charge in [0.25, 0.3) is 5.56 Å². The number of ketones is 1. The zero-order chi connectivity index (χ0) is 17.3. The van der Waals surface area contributed by atoms with E-state index in [0.29, 0.717) is 5.16 Å². The fraction of sp³-hybridized carbons (Fsp3) is 0.429. The van der Waals surface area contributed by atoms with Gasteiger partial charge < -0.3 is 10.3 Å². The summed E-state index contributed by atoms with van der Waals surface area (Å²) in [7, 11) is 2.75. The van der Waals surface area contributed by atoms with Gasteiger partial charge in [-0.3, -0.25) is 18.7 Å². The van der Waals surface area contributed by atoms with Crippen LogP contribution in [0.5, 0.6) is 0 Å². The highest BCUT2D eigenvalue weighted by Gasteiger charge is 2.26. The number of imidazole rings is 1. The van der Waals surface area contributed by atoms with Gasteiger partial charge in [0, 0.05) is 33.0 Å². The van der Waals surface area contributed by atoms with Crippen LogP contribution in [-0.2, 0) is 20.6 Å². The maximum absolute atomic E-state index is 12.7. The minimum absolute atomic E-state index is 0.116. The molecule has 124 valence electrons. The van der Waals surface area contributed by atoms with Gasteiger partial charge in [0.05, 0.1) is 5.25 Å². The van der Waals surface area contributed by atoms with Crippen LogP contribution in [0.25, 0.3) is 0 Å². The normalized spacial score (nSPS) is 12.3. The van der Waals surface area contributed by atoms with Crippen LogP contribution in [0.15, 0.2) is 27.1 Å². The number of anilines is 1. The summed E-state index contributed by atoms with van der Waals surface area (Å²) >= 11 is 1.25. The number of rotatable bonds is 5. The van der Waals surface area contributed by atoms with Crippen molar-refractivity contribution in [2.75, 3.05) is 5.73 Å². The largest absolute Gasteiger partial charge is 0.384 e. The van der Waals surface area contributed by atoms with Crippen molar-refractivity contribution in [2.45, 2.75) is 30.8 Å². The van der Waals surface area contributed by atoms with Gasteiger partial charge >= 0.3 is 5.69 Å². The summed E-state index contributed by atoms with van der Waals surface area (Å²) in [6.45, 7) is 4.39. The zero-order valence-electron chi connectivity index (χ0n) is 13.4. The van der Waals surface area contributed by atoms with E-state index < -0.39 is 22.3 Å². The smallest absolute Gasteiger partial charge is 0.332 e. The van der Waals surface area contributed by atoms with Crippen LogP contribution in [0.3, 0.4) is 0 Å². The van der Waals surface area contributed by atoms with Crippen molar-refractivity contribution < 1.29 is 4.79 Å². The van der Waals surface area contributed by atoms with Crippen LogP contribution in [0.1, 0.15) is 24.2 Å². The molecule has 0 saturated carbocycles. The van der Waals surface area contributed by atoms with Crippen LogP contribution >= 0.6 is 11.8 Å². The lowest BCUT2D eigenvalue weighted by Crippen LogP contribution is -2.42. The first kappa shape index (κ1) is 17.1. The second-order valence-electron chi connectivity index (χ2n) is 5.09. The molecular formula is C14H19N5O3S. The molecule has 23 heavy (non-hydrogen) atoms. The number of thioether (sulfide) groups is 1. The number of nitrogens with zero attached hydrogens (tertiary/aromatic N) is 4. The van der Waals surface area contributed by atoms with Crippen LogP contribution < -0.4 is 17.0 Å². The van der Waals surface area contributed by atoms with Crippen molar-refractivity contribution in [3.05, 3.63) is 38.8 Å². The first-order valence-corrected chi connectivity index (χ1v) is 7.95. The van der Waals surface area contributed by atoms with E-state index in [0.717, 1.165) is 15.7 Å². The Morgan fingerprint density at radius 2 is 2.00 bits per heavy atom. The molecule has 8 nitrogen and oxygen atoms in total. The maximum atomic E-state index is 12.7. The molecule has 0 radical (unpaired) electrons. The van der Waals surface area contributed by atoms with Crippen LogP contribution in [0.2, 0.25) is 0 Å². The molecule has 0 amide bonds. The van der Waals surface area contributed by atoms with Crippen molar-refractivity contribution in [3.63, 3.8) is 0 Å². The van der Waals surface area contributed by atoms with Crippen LogP contribution in [-0.4, -0.2) is 29.7 Å². The van der Waals surface area contributed by atoms with Gasteiger partial charge in [-0.05, 0) is 13.8 Å². The van der Waals surface area contributed by atoms with Gasteiger partial charge in [-0.1, -0.05) is 11.8 Å². The minimum atomic E-state index is -0.679. The van der Waals surface area contributed by atoms with Crippen molar-refractivity contribution in [3.8, 4) is 0 Å². The van der Waals surface area contributed by atoms with E-state index in [1.54, 1.807) is 13.1 Å². The predicted octanol–water partition coefficient (Wildman–Crippen LogP) is 0.246. The third kappa shape index (κ3) is 2.96. The Hall–Kier alpha value is -2.29. The number of carbonyl (C=O) groups excluding carboxylic acids is 1. The Morgan fingerprint density at radius 3 is 2.61 bits per heavy atom. The predicted molar refractivity (Wildman–Crippen MR) is 88.9 cm³/mol. The summed E-state index contributed by atoms with van der Waals surface area (Å²) in [6.07, 6.45) is 3.47. The number of hydrogen-bond donors (Lipinski definition) is 1. The van der Waals surface area contributed by atoms with E-state index in [1.807, 2.05) is 17.7 Å². The lowest BCUT2D eigenvalue weighted by Gasteiger charge is -2.14. The standard InChI is InChI=1S/C14H19N5O3S/c1-5-19-7-6-16-13(19)23-8(2)10(20)9-11(15)17(3)14(22)18(4)12(9)21/h6-8H,5,15H2,1-4H3. The molecule has 0 bridgehead atoms. The van der Waals surface area contributed by atoms with Gasteiger partial charge in [0.1, 0.15) is 11.4 Å². The van der Waals surface area contributed by atoms with Crippen LogP contribution in [0, 0.1) is 0 Å². The molecule has 2 rings (SSSR count). The molecule has 0 saturated heterocycles. The highest BCUT2D eigenvalue weighted by molar-refractivity contribution is 8.00. The Morgan fingerprint density at radius 1 is 1.35 bits per heavy atom. The molecule has 0 aliphatic carbocycles. The Labute approximate surface area is 136 Å². The molecule has 0 spiro atoms. The summed E-state index contributed by atoms with van der Waals surface area (Å²) in [5.41, 5.74) is 4.41. The molecule has 2 heterocycles. The number of aromatic nitrogens is 4. The molecule has 0 fully saturated rings. The number of aryl methyl sites for hydroxylation is 1. The topological polar surface area (TPSA) is 105 Å². The van der Waals surface area contributed by atoms with E-state index >= 15 is 0 Å². The van der Waals surface area contributed by atoms with Crippen LogP contribution in [0.4, 0.5) is 5.82 Å². The Balaban J connectivity index is 2.41. The quantitative estimate of drug-likeness (QED) is 0.619. The van der Waals surface area contributed by atoms with Gasteiger partial charge in [-0.25, -0.2) is 9.78 Å². The number of nitrogen functional groups attached to an aromatic ring is 1. The molecule has 0 aliphatic heterocycles. The molecule has 1 atom stereocenters. The fourth-order valence-electron chi connectivity index (χ4n) is 2.16. The van der Waals surface area contributed by atoms with E-state index in [1.165, 1.54) is 25.9 Å². The number of Topliss-reactive ketones (excluding diaryl/α,β-unsaturated/α-hetero) is 1. The molecule has 0 aliphatic rings. The van der Waals surface area contributed by atoms with Crippen molar-refractivity contribution in [1.29, 1.82) is 0 Å². The Bertz CT molecular complexity index is 864. The zero-order valence-corrected chi connectivity index (χ0v) is 14.3. The summed E-state index contributed by atoms with van der Waals surface area (Å²) in [5.74, 6) is -0.538. The van der Waals surface area contributed by atoms with Crippen molar-refractivity contribution in [1.82, 2.24) is 18.7 Å². The highest BCUT2D eigenvalue weighted by atomic mass is 32.2. The number of hydrogen-bond acceptors (Lipinski definition) is 6. The average molecular weight is 337 g/mol. The second-order valence-corrected chi connectivity index (χ2v) is 6.39. The molecule has 1 unspecified atom stereocenters. The van der Waals surface area contributed by atoms with Gasteiger partial charge in [-0.2, -0.15) is 0 Å². The maximum Gasteiger partial charge on any atom is 0.332 e. The van der Waals surface area contributed by atoms with Gasteiger partial charge in [0.2, 0.25) is 0 Å². The van der Waals surface area contributed by atoms with E-state index in [2.05, 4.69) is 4.98 Å². The molecule has 2 aromatic heterocycles. The van der Waals surface area contributed by atoms with E-state index in [-0.39, 0.29) is 11.4 Å². The molecule has 2 N–H and O–H groups in total. The highest BCUT2D eigenvalue weighted by Crippen LogP contribution is 2.24. The fourth-order valence-corrected chi connectivity index (χ4v) is 3.15. The first-order valence-electron chi connectivity index (χ1n) is 7.07. The number of nitrogens with two attached hydrogens (primary N) is 1. The van der Waals surface area contributed by atoms with Crippen molar-refractivity contribution >= 4 is 23.4 Å². The Kier molecular flexibility index (Phi) is 4.79. The molecule has 0 aromatic carbocycles. The summed E-state index contributed by atoms with van der Waals surface area (Å²) in [5, 5.41) is 0.128. The lowest BCUT2D eigenvalue weighted by atomic mass is 10.1. The summed E-state index contributed by atoms with van der Waals surface area (Å²) in [6, 6.07) is 0. The molecule has 2 aromatic rings. The van der Waals surface area contributed by atoms with E-state index in [4.69, 9.17) is 5.73 Å². The molecule has 9 heteroatoms. The molecular weight excluding hydrogens is 318 g/mol.